The number of nitrogens with one attached hydrogen (secondary N) is 1. The van der Waals surface area contributed by atoms with Crippen molar-refractivity contribution in [3.63, 3.8) is 0 Å². The Morgan fingerprint density at radius 2 is 2.10 bits per heavy atom. The number of amides is 1. The fourth-order valence-electron chi connectivity index (χ4n) is 2.45. The standard InChI is InChI=1S/C14H14N4O2/c1-8-14(10(3)20-17-8)11-4-5-13-16-12(15-7-19)6-18(13)9(11)2/h4-7H,1-3H3,(H,15,19). The van der Waals surface area contributed by atoms with Crippen LogP contribution in [0.4, 0.5) is 5.82 Å². The molecule has 3 heterocycles. The van der Waals surface area contributed by atoms with Crippen molar-refractivity contribution in [2.75, 3.05) is 5.32 Å². The van der Waals surface area contributed by atoms with E-state index in [9.17, 15) is 4.79 Å². The monoisotopic (exact) mass is 270 g/mol. The van der Waals surface area contributed by atoms with E-state index < -0.39 is 0 Å². The van der Waals surface area contributed by atoms with Crippen molar-refractivity contribution in [3.8, 4) is 11.1 Å². The summed E-state index contributed by atoms with van der Waals surface area (Å²) in [5.41, 5.74) is 4.70. The van der Waals surface area contributed by atoms with Gasteiger partial charge in [-0.25, -0.2) is 4.98 Å². The first-order valence-electron chi connectivity index (χ1n) is 6.24. The summed E-state index contributed by atoms with van der Waals surface area (Å²) in [6.07, 6.45) is 2.41. The van der Waals surface area contributed by atoms with Crippen molar-refractivity contribution in [1.29, 1.82) is 0 Å². The molecule has 3 aromatic rings. The number of carbonyl (C=O) groups is 1. The molecule has 6 heteroatoms. The third kappa shape index (κ3) is 1.77. The van der Waals surface area contributed by atoms with Crippen LogP contribution in [-0.4, -0.2) is 21.0 Å². The van der Waals surface area contributed by atoms with Crippen molar-refractivity contribution in [2.45, 2.75) is 20.8 Å². The molecule has 0 saturated heterocycles. The minimum Gasteiger partial charge on any atom is -0.361 e. The number of anilines is 1. The highest BCUT2D eigenvalue weighted by molar-refractivity contribution is 5.74. The molecule has 1 amide bonds. The number of pyridine rings is 1. The first-order chi connectivity index (χ1) is 9.61. The molecule has 0 unspecified atom stereocenters. The largest absolute Gasteiger partial charge is 0.361 e. The predicted octanol–water partition coefficient (Wildman–Crippen LogP) is 2.48. The number of carbonyl (C=O) groups excluding carboxylic acids is 1. The zero-order chi connectivity index (χ0) is 14.3. The molecule has 0 aromatic carbocycles. The average Bonchev–Trinajstić information content (AvgIpc) is 2.96. The van der Waals surface area contributed by atoms with Gasteiger partial charge in [0.25, 0.3) is 0 Å². The van der Waals surface area contributed by atoms with E-state index in [1.807, 2.05) is 37.3 Å². The highest BCUT2D eigenvalue weighted by Gasteiger charge is 2.15. The van der Waals surface area contributed by atoms with E-state index in [1.165, 1.54) is 0 Å². The molecule has 6 nitrogen and oxygen atoms in total. The van der Waals surface area contributed by atoms with E-state index in [1.54, 1.807) is 6.20 Å². The van der Waals surface area contributed by atoms with E-state index >= 15 is 0 Å². The minimum absolute atomic E-state index is 0.527. The second-order valence-corrected chi connectivity index (χ2v) is 4.65. The molecule has 0 fully saturated rings. The Morgan fingerprint density at radius 1 is 1.30 bits per heavy atom. The summed E-state index contributed by atoms with van der Waals surface area (Å²) in [6.45, 7) is 5.82. The van der Waals surface area contributed by atoms with Crippen molar-refractivity contribution in [2.24, 2.45) is 0 Å². The van der Waals surface area contributed by atoms with Gasteiger partial charge in [0, 0.05) is 16.8 Å². The van der Waals surface area contributed by atoms with Gasteiger partial charge in [0.05, 0.1) is 11.9 Å². The summed E-state index contributed by atoms with van der Waals surface area (Å²) < 4.78 is 7.16. The van der Waals surface area contributed by atoms with Gasteiger partial charge < -0.3 is 14.2 Å². The maximum absolute atomic E-state index is 10.5. The summed E-state index contributed by atoms with van der Waals surface area (Å²) in [7, 11) is 0. The Hall–Kier alpha value is -2.63. The number of rotatable bonds is 3. The lowest BCUT2D eigenvalue weighted by atomic mass is 10.0. The van der Waals surface area contributed by atoms with Gasteiger partial charge in [-0.15, -0.1) is 0 Å². The third-order valence-corrected chi connectivity index (χ3v) is 3.39. The molecule has 1 N–H and O–H groups in total. The number of aromatic nitrogens is 3. The van der Waals surface area contributed by atoms with Gasteiger partial charge in [-0.1, -0.05) is 5.16 Å². The van der Waals surface area contributed by atoms with Crippen LogP contribution in [-0.2, 0) is 4.79 Å². The first kappa shape index (κ1) is 12.4. The Labute approximate surface area is 115 Å². The number of fused-ring (bicyclic) bond motifs is 1. The fourth-order valence-corrected chi connectivity index (χ4v) is 2.45. The topological polar surface area (TPSA) is 72.4 Å². The van der Waals surface area contributed by atoms with Gasteiger partial charge in [0.2, 0.25) is 6.41 Å². The molecule has 3 rings (SSSR count). The molecule has 0 aliphatic rings. The molecule has 0 atom stereocenters. The molecular formula is C14H14N4O2. The average molecular weight is 270 g/mol. The van der Waals surface area contributed by atoms with Gasteiger partial charge in [-0.05, 0) is 32.9 Å². The molecule has 0 spiro atoms. The summed E-state index contributed by atoms with van der Waals surface area (Å²) in [6, 6.07) is 3.90. The van der Waals surface area contributed by atoms with Crippen molar-refractivity contribution in [3.05, 3.63) is 35.5 Å². The number of hydrogen-bond donors (Lipinski definition) is 1. The van der Waals surface area contributed by atoms with E-state index in [-0.39, 0.29) is 0 Å². The van der Waals surface area contributed by atoms with Crippen LogP contribution in [0.15, 0.2) is 22.9 Å². The summed E-state index contributed by atoms with van der Waals surface area (Å²) in [4.78, 5) is 14.8. The maximum atomic E-state index is 10.5. The molecule has 0 aliphatic heterocycles. The van der Waals surface area contributed by atoms with Crippen molar-refractivity contribution < 1.29 is 9.32 Å². The number of imidazole rings is 1. The smallest absolute Gasteiger partial charge is 0.212 e. The number of hydrogen-bond acceptors (Lipinski definition) is 4. The normalized spacial score (nSPS) is 10.9. The highest BCUT2D eigenvalue weighted by Crippen LogP contribution is 2.30. The Balaban J connectivity index is 2.23. The van der Waals surface area contributed by atoms with Crippen LogP contribution in [0.25, 0.3) is 16.8 Å². The van der Waals surface area contributed by atoms with Crippen LogP contribution >= 0.6 is 0 Å². The summed E-state index contributed by atoms with van der Waals surface area (Å²) >= 11 is 0. The van der Waals surface area contributed by atoms with Crippen LogP contribution in [0.3, 0.4) is 0 Å². The maximum Gasteiger partial charge on any atom is 0.212 e. The SMILES string of the molecule is Cc1noc(C)c1-c1ccc2nc(NC=O)cn2c1C. The minimum atomic E-state index is 0.527. The van der Waals surface area contributed by atoms with Crippen molar-refractivity contribution >= 4 is 17.9 Å². The van der Waals surface area contributed by atoms with Crippen LogP contribution in [0.1, 0.15) is 17.1 Å². The first-order valence-corrected chi connectivity index (χ1v) is 6.24. The van der Waals surface area contributed by atoms with E-state index in [2.05, 4.69) is 15.5 Å². The van der Waals surface area contributed by atoms with E-state index in [0.717, 1.165) is 33.9 Å². The zero-order valence-electron chi connectivity index (χ0n) is 11.5. The second-order valence-electron chi connectivity index (χ2n) is 4.65. The van der Waals surface area contributed by atoms with E-state index in [4.69, 9.17) is 4.52 Å². The van der Waals surface area contributed by atoms with E-state index in [0.29, 0.717) is 12.2 Å². The van der Waals surface area contributed by atoms with Crippen LogP contribution in [0.5, 0.6) is 0 Å². The number of nitrogens with zero attached hydrogens (tertiary/aromatic N) is 3. The third-order valence-electron chi connectivity index (χ3n) is 3.39. The molecule has 0 bridgehead atoms. The lowest BCUT2D eigenvalue weighted by Gasteiger charge is -2.07. The summed E-state index contributed by atoms with van der Waals surface area (Å²) in [5.74, 6) is 1.32. The molecule has 0 radical (unpaired) electrons. The molecule has 0 saturated carbocycles. The van der Waals surface area contributed by atoms with Gasteiger partial charge >= 0.3 is 0 Å². The van der Waals surface area contributed by atoms with Crippen LogP contribution in [0, 0.1) is 20.8 Å². The van der Waals surface area contributed by atoms with Crippen LogP contribution < -0.4 is 5.32 Å². The highest BCUT2D eigenvalue weighted by atomic mass is 16.5. The van der Waals surface area contributed by atoms with Gasteiger partial charge in [0.1, 0.15) is 11.4 Å². The van der Waals surface area contributed by atoms with Crippen molar-refractivity contribution in [1.82, 2.24) is 14.5 Å². The zero-order valence-corrected chi connectivity index (χ0v) is 11.5. The Morgan fingerprint density at radius 3 is 2.75 bits per heavy atom. The summed E-state index contributed by atoms with van der Waals surface area (Å²) in [5, 5.41) is 6.55. The Kier molecular flexibility index (Phi) is 2.78. The number of aryl methyl sites for hydroxylation is 3. The molecule has 0 aliphatic carbocycles. The van der Waals surface area contributed by atoms with Gasteiger partial charge in [-0.2, -0.15) is 0 Å². The lowest BCUT2D eigenvalue weighted by Crippen LogP contribution is -1.95. The molecule has 3 aromatic heterocycles. The van der Waals surface area contributed by atoms with Gasteiger partial charge in [-0.3, -0.25) is 4.79 Å². The molecule has 20 heavy (non-hydrogen) atoms. The molecule has 102 valence electrons. The quantitative estimate of drug-likeness (QED) is 0.742. The van der Waals surface area contributed by atoms with Gasteiger partial charge in [0.15, 0.2) is 5.82 Å². The van der Waals surface area contributed by atoms with Crippen LogP contribution in [0.2, 0.25) is 0 Å². The fraction of sp³-hybridized carbons (Fsp3) is 0.214. The molecular weight excluding hydrogens is 256 g/mol. The predicted molar refractivity (Wildman–Crippen MR) is 74.6 cm³/mol. The second kappa shape index (κ2) is 4.48. The lowest BCUT2D eigenvalue weighted by molar-refractivity contribution is -0.105. The Bertz CT molecular complexity index is 781.